The van der Waals surface area contributed by atoms with Crippen LogP contribution < -0.4 is 5.73 Å². The van der Waals surface area contributed by atoms with Gasteiger partial charge in [-0.15, -0.1) is 11.3 Å². The SMILES string of the molecule is COCCC(C)(CN)N(Cc1cccs1)C1CC1. The number of ether oxygens (including phenoxy) is 1. The lowest BCUT2D eigenvalue weighted by Gasteiger charge is -2.41. The van der Waals surface area contributed by atoms with Crippen LogP contribution in [-0.2, 0) is 11.3 Å². The van der Waals surface area contributed by atoms with E-state index in [2.05, 4.69) is 29.3 Å². The Labute approximate surface area is 114 Å². The van der Waals surface area contributed by atoms with Gasteiger partial charge in [0.2, 0.25) is 0 Å². The summed E-state index contributed by atoms with van der Waals surface area (Å²) in [7, 11) is 1.76. The molecule has 3 nitrogen and oxygen atoms in total. The minimum Gasteiger partial charge on any atom is -0.385 e. The third-order valence-corrected chi connectivity index (χ3v) is 4.73. The molecular formula is C14H24N2OS. The fourth-order valence-electron chi connectivity index (χ4n) is 2.40. The summed E-state index contributed by atoms with van der Waals surface area (Å²) in [6.45, 7) is 4.78. The maximum absolute atomic E-state index is 6.05. The lowest BCUT2D eigenvalue weighted by atomic mass is 9.95. The van der Waals surface area contributed by atoms with Crippen LogP contribution in [0.4, 0.5) is 0 Å². The molecule has 2 N–H and O–H groups in total. The minimum absolute atomic E-state index is 0.0567. The predicted octanol–water partition coefficient (Wildman–Crippen LogP) is 2.47. The van der Waals surface area contributed by atoms with Gasteiger partial charge in [0.1, 0.15) is 0 Å². The molecule has 102 valence electrons. The first-order chi connectivity index (χ1) is 8.69. The molecule has 1 aliphatic rings. The van der Waals surface area contributed by atoms with Gasteiger partial charge in [-0.3, -0.25) is 4.90 Å². The van der Waals surface area contributed by atoms with Gasteiger partial charge in [-0.1, -0.05) is 6.07 Å². The summed E-state index contributed by atoms with van der Waals surface area (Å²) in [5.74, 6) is 0. The molecule has 0 aromatic carbocycles. The van der Waals surface area contributed by atoms with E-state index in [0.29, 0.717) is 6.54 Å². The molecule has 0 amide bonds. The third kappa shape index (κ3) is 3.32. The second-order valence-corrected chi connectivity index (χ2v) is 6.41. The van der Waals surface area contributed by atoms with E-state index in [-0.39, 0.29) is 5.54 Å². The van der Waals surface area contributed by atoms with Crippen LogP contribution in [0.15, 0.2) is 17.5 Å². The summed E-state index contributed by atoms with van der Waals surface area (Å²) in [6, 6.07) is 5.06. The van der Waals surface area contributed by atoms with E-state index in [1.165, 1.54) is 17.7 Å². The van der Waals surface area contributed by atoms with Crippen LogP contribution in [0, 0.1) is 0 Å². The molecule has 0 bridgehead atoms. The van der Waals surface area contributed by atoms with Gasteiger partial charge < -0.3 is 10.5 Å². The van der Waals surface area contributed by atoms with Crippen molar-refractivity contribution in [3.63, 3.8) is 0 Å². The zero-order valence-electron chi connectivity index (χ0n) is 11.4. The van der Waals surface area contributed by atoms with Gasteiger partial charge in [-0.25, -0.2) is 0 Å². The molecule has 1 atom stereocenters. The number of rotatable bonds is 8. The molecule has 1 heterocycles. The molecule has 0 saturated heterocycles. The van der Waals surface area contributed by atoms with Crippen molar-refractivity contribution in [3.8, 4) is 0 Å². The molecule has 1 fully saturated rings. The third-order valence-electron chi connectivity index (χ3n) is 3.87. The molecule has 1 aliphatic carbocycles. The first-order valence-corrected chi connectivity index (χ1v) is 7.56. The fourth-order valence-corrected chi connectivity index (χ4v) is 3.10. The molecule has 0 aliphatic heterocycles. The Kier molecular flexibility index (Phi) is 4.78. The van der Waals surface area contributed by atoms with Gasteiger partial charge >= 0.3 is 0 Å². The zero-order chi connectivity index (χ0) is 13.0. The van der Waals surface area contributed by atoms with Gasteiger partial charge in [-0.2, -0.15) is 0 Å². The van der Waals surface area contributed by atoms with Gasteiger partial charge in [0.05, 0.1) is 0 Å². The van der Waals surface area contributed by atoms with E-state index in [4.69, 9.17) is 10.5 Å². The topological polar surface area (TPSA) is 38.5 Å². The molecule has 4 heteroatoms. The van der Waals surface area contributed by atoms with Gasteiger partial charge in [0.15, 0.2) is 0 Å². The molecule has 0 radical (unpaired) electrons. The minimum atomic E-state index is 0.0567. The molecule has 1 saturated carbocycles. The average molecular weight is 268 g/mol. The summed E-state index contributed by atoms with van der Waals surface area (Å²) < 4.78 is 5.25. The van der Waals surface area contributed by atoms with Crippen molar-refractivity contribution in [3.05, 3.63) is 22.4 Å². The van der Waals surface area contributed by atoms with Crippen molar-refractivity contribution < 1.29 is 4.74 Å². The van der Waals surface area contributed by atoms with Gasteiger partial charge in [0.25, 0.3) is 0 Å². The zero-order valence-corrected chi connectivity index (χ0v) is 12.2. The smallest absolute Gasteiger partial charge is 0.0480 e. The number of nitrogens with two attached hydrogens (primary N) is 1. The van der Waals surface area contributed by atoms with Crippen LogP contribution in [0.25, 0.3) is 0 Å². The Morgan fingerprint density at radius 2 is 2.33 bits per heavy atom. The highest BCUT2D eigenvalue weighted by molar-refractivity contribution is 7.09. The molecule has 1 aromatic rings. The van der Waals surface area contributed by atoms with Crippen LogP contribution in [-0.4, -0.2) is 36.7 Å². The Hall–Kier alpha value is -0.420. The number of thiophene rings is 1. The van der Waals surface area contributed by atoms with Crippen molar-refractivity contribution in [2.24, 2.45) is 5.73 Å². The predicted molar refractivity (Wildman–Crippen MR) is 76.8 cm³/mol. The van der Waals surface area contributed by atoms with Crippen LogP contribution in [0.2, 0.25) is 0 Å². The molecular weight excluding hydrogens is 244 g/mol. The Morgan fingerprint density at radius 1 is 1.56 bits per heavy atom. The molecule has 2 rings (SSSR count). The van der Waals surface area contributed by atoms with Gasteiger partial charge in [-0.05, 0) is 37.6 Å². The van der Waals surface area contributed by atoms with E-state index < -0.39 is 0 Å². The Balaban J connectivity index is 2.06. The Bertz CT molecular complexity index is 351. The van der Waals surface area contributed by atoms with E-state index in [9.17, 15) is 0 Å². The Morgan fingerprint density at radius 3 is 2.83 bits per heavy atom. The van der Waals surface area contributed by atoms with Crippen LogP contribution >= 0.6 is 11.3 Å². The number of hydrogen-bond acceptors (Lipinski definition) is 4. The number of nitrogens with zero attached hydrogens (tertiary/aromatic N) is 1. The van der Waals surface area contributed by atoms with Gasteiger partial charge in [0, 0.05) is 43.3 Å². The van der Waals surface area contributed by atoms with Crippen LogP contribution in [0.3, 0.4) is 0 Å². The summed E-state index contributed by atoms with van der Waals surface area (Å²) in [5.41, 5.74) is 6.11. The van der Waals surface area contributed by atoms with Crippen molar-refractivity contribution in [1.82, 2.24) is 4.90 Å². The molecule has 1 aromatic heterocycles. The summed E-state index contributed by atoms with van der Waals surface area (Å²) in [4.78, 5) is 4.02. The van der Waals surface area contributed by atoms with Crippen molar-refractivity contribution >= 4 is 11.3 Å². The number of hydrogen-bond donors (Lipinski definition) is 1. The van der Waals surface area contributed by atoms with Crippen LogP contribution in [0.1, 0.15) is 31.1 Å². The van der Waals surface area contributed by atoms with E-state index in [0.717, 1.165) is 25.6 Å². The van der Waals surface area contributed by atoms with Crippen molar-refractivity contribution in [1.29, 1.82) is 0 Å². The summed E-state index contributed by atoms with van der Waals surface area (Å²) in [5, 5.41) is 2.15. The fraction of sp³-hybridized carbons (Fsp3) is 0.714. The quantitative estimate of drug-likeness (QED) is 0.787. The summed E-state index contributed by atoms with van der Waals surface area (Å²) in [6.07, 6.45) is 3.63. The molecule has 0 spiro atoms. The first-order valence-electron chi connectivity index (χ1n) is 6.68. The monoisotopic (exact) mass is 268 g/mol. The van der Waals surface area contributed by atoms with E-state index >= 15 is 0 Å². The number of methoxy groups -OCH3 is 1. The standard InChI is InChI=1S/C14H24N2OS/c1-14(11-15,7-8-17-2)16(12-5-6-12)10-13-4-3-9-18-13/h3-4,9,12H,5-8,10-11,15H2,1-2H3. The van der Waals surface area contributed by atoms with E-state index in [1.807, 2.05) is 11.3 Å². The lowest BCUT2D eigenvalue weighted by Crippen LogP contribution is -2.52. The second-order valence-electron chi connectivity index (χ2n) is 5.38. The highest BCUT2D eigenvalue weighted by Crippen LogP contribution is 2.36. The molecule has 18 heavy (non-hydrogen) atoms. The molecule has 1 unspecified atom stereocenters. The highest BCUT2D eigenvalue weighted by Gasteiger charge is 2.40. The van der Waals surface area contributed by atoms with Crippen LogP contribution in [0.5, 0.6) is 0 Å². The normalized spacial score (nSPS) is 19.1. The first kappa shape index (κ1) is 14.0. The second kappa shape index (κ2) is 6.15. The average Bonchev–Trinajstić information content (AvgIpc) is 3.10. The van der Waals surface area contributed by atoms with E-state index in [1.54, 1.807) is 7.11 Å². The highest BCUT2D eigenvalue weighted by atomic mass is 32.1. The van der Waals surface area contributed by atoms with Crippen molar-refractivity contribution in [2.75, 3.05) is 20.3 Å². The largest absolute Gasteiger partial charge is 0.385 e. The van der Waals surface area contributed by atoms with Crippen molar-refractivity contribution in [2.45, 2.75) is 44.3 Å². The lowest BCUT2D eigenvalue weighted by molar-refractivity contribution is 0.0560. The maximum atomic E-state index is 6.05. The summed E-state index contributed by atoms with van der Waals surface area (Å²) >= 11 is 1.83. The maximum Gasteiger partial charge on any atom is 0.0480 e.